The van der Waals surface area contributed by atoms with Crippen LogP contribution in [0, 0.1) is 11.8 Å². The highest BCUT2D eigenvalue weighted by Gasteiger charge is 2.41. The predicted molar refractivity (Wildman–Crippen MR) is 36.4 cm³/mol. The van der Waals surface area contributed by atoms with Crippen molar-refractivity contribution >= 4 is 0 Å². The molecule has 0 aliphatic heterocycles. The Bertz CT molecular complexity index is 117. The third-order valence-corrected chi connectivity index (χ3v) is 3.06. The van der Waals surface area contributed by atoms with Crippen molar-refractivity contribution in [3.63, 3.8) is 0 Å². The molecule has 2 saturated carbocycles. The highest BCUT2D eigenvalue weighted by Crippen LogP contribution is 2.45. The zero-order chi connectivity index (χ0) is 7.14. The zero-order valence-corrected chi connectivity index (χ0v) is 5.96. The molecule has 0 amide bonds. The Morgan fingerprint density at radius 1 is 1.10 bits per heavy atom. The number of halogens is 1. The van der Waals surface area contributed by atoms with Crippen molar-refractivity contribution in [1.82, 2.24) is 0 Å². The van der Waals surface area contributed by atoms with Gasteiger partial charge in [0, 0.05) is 0 Å². The summed E-state index contributed by atoms with van der Waals surface area (Å²) in [6, 6.07) is 0. The van der Waals surface area contributed by atoms with Crippen LogP contribution in [0.25, 0.3) is 0 Å². The summed E-state index contributed by atoms with van der Waals surface area (Å²) >= 11 is 0. The monoisotopic (exact) mass is 144 g/mol. The molecule has 0 aromatic heterocycles. The van der Waals surface area contributed by atoms with Gasteiger partial charge in [0.05, 0.1) is 6.10 Å². The number of alkyl halides is 1. The Labute approximate surface area is 60.2 Å². The molecular weight excluding hydrogens is 131 g/mol. The van der Waals surface area contributed by atoms with E-state index in [9.17, 15) is 4.39 Å². The molecule has 1 nitrogen and oxygen atoms in total. The maximum Gasteiger partial charge on any atom is 0.126 e. The second-order valence-corrected chi connectivity index (χ2v) is 3.65. The minimum absolute atomic E-state index is 0.610. The van der Waals surface area contributed by atoms with E-state index >= 15 is 0 Å². The van der Waals surface area contributed by atoms with Crippen LogP contribution in [0.15, 0.2) is 0 Å². The Kier molecular flexibility index (Phi) is 1.44. The van der Waals surface area contributed by atoms with Crippen LogP contribution in [-0.2, 0) is 0 Å². The summed E-state index contributed by atoms with van der Waals surface area (Å²) in [6.45, 7) is 0. The Balaban J connectivity index is 1.96. The summed E-state index contributed by atoms with van der Waals surface area (Å²) in [5.41, 5.74) is 0. The van der Waals surface area contributed by atoms with Crippen LogP contribution in [0.4, 0.5) is 4.39 Å². The number of rotatable bonds is 0. The summed E-state index contributed by atoms with van der Waals surface area (Å²) in [5.74, 6) is 1.26. The molecule has 0 bridgehead atoms. The van der Waals surface area contributed by atoms with Gasteiger partial charge in [0.1, 0.15) is 6.17 Å². The Morgan fingerprint density at radius 3 is 2.20 bits per heavy atom. The summed E-state index contributed by atoms with van der Waals surface area (Å²) in [5, 5.41) is 9.12. The smallest absolute Gasteiger partial charge is 0.126 e. The van der Waals surface area contributed by atoms with Crippen molar-refractivity contribution in [2.24, 2.45) is 11.8 Å². The van der Waals surface area contributed by atoms with Crippen molar-refractivity contribution in [3.05, 3.63) is 0 Å². The maximum atomic E-state index is 12.8. The average molecular weight is 144 g/mol. The van der Waals surface area contributed by atoms with Gasteiger partial charge in [-0.25, -0.2) is 4.39 Å². The number of hydrogen-bond acceptors (Lipinski definition) is 1. The van der Waals surface area contributed by atoms with Crippen molar-refractivity contribution in [3.8, 4) is 0 Å². The SMILES string of the molecule is O[C@H]1CC2CCC2C[C@@H]1F. The van der Waals surface area contributed by atoms with Gasteiger partial charge in [0.2, 0.25) is 0 Å². The van der Waals surface area contributed by atoms with Crippen LogP contribution in [-0.4, -0.2) is 17.4 Å². The van der Waals surface area contributed by atoms with E-state index in [-0.39, 0.29) is 0 Å². The van der Waals surface area contributed by atoms with Crippen LogP contribution in [0.2, 0.25) is 0 Å². The van der Waals surface area contributed by atoms with E-state index in [4.69, 9.17) is 5.11 Å². The summed E-state index contributed by atoms with van der Waals surface area (Å²) in [6.07, 6.45) is 2.16. The van der Waals surface area contributed by atoms with Gasteiger partial charge in [-0.05, 0) is 37.5 Å². The van der Waals surface area contributed by atoms with Crippen molar-refractivity contribution < 1.29 is 9.50 Å². The molecule has 58 valence electrons. The first-order chi connectivity index (χ1) is 4.77. The molecular formula is C8H13FO. The van der Waals surface area contributed by atoms with Gasteiger partial charge in [-0.1, -0.05) is 0 Å². The number of aliphatic hydroxyl groups excluding tert-OH is 1. The molecule has 0 aromatic carbocycles. The quantitative estimate of drug-likeness (QED) is 0.546. The van der Waals surface area contributed by atoms with Crippen molar-refractivity contribution in [1.29, 1.82) is 0 Å². The Morgan fingerprint density at radius 2 is 1.70 bits per heavy atom. The first-order valence-corrected chi connectivity index (χ1v) is 4.09. The van der Waals surface area contributed by atoms with E-state index in [1.165, 1.54) is 12.8 Å². The van der Waals surface area contributed by atoms with Gasteiger partial charge in [-0.2, -0.15) is 0 Å². The van der Waals surface area contributed by atoms with Gasteiger partial charge >= 0.3 is 0 Å². The van der Waals surface area contributed by atoms with Gasteiger partial charge in [-0.15, -0.1) is 0 Å². The molecule has 1 N–H and O–H groups in total. The fraction of sp³-hybridized carbons (Fsp3) is 1.00. The summed E-state index contributed by atoms with van der Waals surface area (Å²) in [4.78, 5) is 0. The molecule has 0 radical (unpaired) electrons. The average Bonchev–Trinajstić information content (AvgIpc) is 1.89. The van der Waals surface area contributed by atoms with Crippen molar-refractivity contribution in [2.75, 3.05) is 0 Å². The molecule has 2 aliphatic rings. The van der Waals surface area contributed by atoms with Crippen LogP contribution in [0.1, 0.15) is 25.7 Å². The first kappa shape index (κ1) is 6.59. The second kappa shape index (κ2) is 2.19. The molecule has 2 aliphatic carbocycles. The minimum Gasteiger partial charge on any atom is -0.390 e. The lowest BCUT2D eigenvalue weighted by Crippen LogP contribution is -2.41. The predicted octanol–water partition coefficient (Wildman–Crippen LogP) is 1.51. The molecule has 4 atom stereocenters. The topological polar surface area (TPSA) is 20.2 Å². The third kappa shape index (κ3) is 0.858. The molecule has 2 heteroatoms. The first-order valence-electron chi connectivity index (χ1n) is 4.09. The van der Waals surface area contributed by atoms with E-state index in [1.54, 1.807) is 0 Å². The zero-order valence-electron chi connectivity index (χ0n) is 5.96. The van der Waals surface area contributed by atoms with E-state index < -0.39 is 12.3 Å². The number of aliphatic hydroxyl groups is 1. The highest BCUT2D eigenvalue weighted by molar-refractivity contribution is 4.91. The van der Waals surface area contributed by atoms with Crippen LogP contribution in [0.3, 0.4) is 0 Å². The fourth-order valence-electron chi connectivity index (χ4n) is 2.16. The molecule has 0 spiro atoms. The fourth-order valence-corrected chi connectivity index (χ4v) is 2.16. The van der Waals surface area contributed by atoms with Gasteiger partial charge in [-0.3, -0.25) is 0 Å². The molecule has 0 saturated heterocycles. The van der Waals surface area contributed by atoms with E-state index in [0.717, 1.165) is 0 Å². The van der Waals surface area contributed by atoms with Crippen molar-refractivity contribution in [2.45, 2.75) is 38.0 Å². The highest BCUT2D eigenvalue weighted by atomic mass is 19.1. The maximum absolute atomic E-state index is 12.8. The lowest BCUT2D eigenvalue weighted by atomic mass is 9.64. The number of fused-ring (bicyclic) bond motifs is 1. The Hall–Kier alpha value is -0.110. The van der Waals surface area contributed by atoms with Gasteiger partial charge in [0.25, 0.3) is 0 Å². The van der Waals surface area contributed by atoms with Gasteiger partial charge < -0.3 is 5.11 Å². The molecule has 2 rings (SSSR count). The van der Waals surface area contributed by atoms with Crippen LogP contribution < -0.4 is 0 Å². The largest absolute Gasteiger partial charge is 0.390 e. The minimum atomic E-state index is -0.929. The molecule has 2 unspecified atom stereocenters. The molecule has 0 heterocycles. The molecule has 10 heavy (non-hydrogen) atoms. The lowest BCUT2D eigenvalue weighted by molar-refractivity contribution is -0.0398. The van der Waals surface area contributed by atoms with E-state index in [1.807, 2.05) is 0 Å². The summed E-state index contributed by atoms with van der Waals surface area (Å²) < 4.78 is 12.8. The van der Waals surface area contributed by atoms with Gasteiger partial charge in [0.15, 0.2) is 0 Å². The summed E-state index contributed by atoms with van der Waals surface area (Å²) in [7, 11) is 0. The normalized spacial score (nSPS) is 53.4. The van der Waals surface area contributed by atoms with E-state index in [2.05, 4.69) is 0 Å². The standard InChI is InChI=1S/C8H13FO/c9-7-3-5-1-2-6(5)4-8(7)10/h5-8,10H,1-4H2/t5?,6?,7-,8-/m0/s1. The molecule has 0 aromatic rings. The number of hydrogen-bond donors (Lipinski definition) is 1. The second-order valence-electron chi connectivity index (χ2n) is 3.65. The van der Waals surface area contributed by atoms with E-state index in [0.29, 0.717) is 24.7 Å². The lowest BCUT2D eigenvalue weighted by Gasteiger charge is -2.43. The van der Waals surface area contributed by atoms with Crippen LogP contribution in [0.5, 0.6) is 0 Å². The third-order valence-electron chi connectivity index (χ3n) is 3.06. The van der Waals surface area contributed by atoms with Crippen LogP contribution >= 0.6 is 0 Å². The molecule has 2 fully saturated rings.